The lowest BCUT2D eigenvalue weighted by Crippen LogP contribution is -2.48. The lowest BCUT2D eigenvalue weighted by atomic mass is 10.0. The molecule has 0 saturated heterocycles. The van der Waals surface area contributed by atoms with Crippen LogP contribution < -0.4 is 9.47 Å². The Morgan fingerprint density at radius 2 is 1.55 bits per heavy atom. The van der Waals surface area contributed by atoms with Gasteiger partial charge in [0, 0.05) is 0 Å². The minimum absolute atomic E-state index is 0.167. The molecule has 1 rings (SSSR count). The van der Waals surface area contributed by atoms with Crippen LogP contribution in [-0.2, 0) is 4.79 Å². The maximum atomic E-state index is 13.7. The molecule has 6 heteroatoms. The number of benzene rings is 1. The Labute approximate surface area is 129 Å². The van der Waals surface area contributed by atoms with Gasteiger partial charge in [0.15, 0.2) is 6.10 Å². The van der Waals surface area contributed by atoms with E-state index in [9.17, 15) is 13.6 Å². The van der Waals surface area contributed by atoms with Crippen molar-refractivity contribution in [3.63, 3.8) is 0 Å². The van der Waals surface area contributed by atoms with Crippen molar-refractivity contribution in [1.29, 1.82) is 0 Å². The Balaban J connectivity index is 2.90. The van der Waals surface area contributed by atoms with Crippen molar-refractivity contribution < 1.29 is 28.2 Å². The van der Waals surface area contributed by atoms with Gasteiger partial charge in [-0.15, -0.1) is 0 Å². The van der Waals surface area contributed by atoms with Crippen molar-refractivity contribution in [2.75, 3.05) is 0 Å². The predicted molar refractivity (Wildman–Crippen MR) is 78.7 cm³/mol. The van der Waals surface area contributed by atoms with Gasteiger partial charge in [0.1, 0.15) is 17.1 Å². The maximum absolute atomic E-state index is 13.7. The molecule has 22 heavy (non-hydrogen) atoms. The van der Waals surface area contributed by atoms with Crippen LogP contribution in [-0.4, -0.2) is 28.7 Å². The molecule has 1 aromatic carbocycles. The van der Waals surface area contributed by atoms with Crippen LogP contribution >= 0.6 is 0 Å². The SMILES string of the molecule is CC(C)C(Oc1ccc(OC(C)(C)C)cc1)C(F)(F)C(=O)O. The van der Waals surface area contributed by atoms with Crippen LogP contribution in [0.5, 0.6) is 11.5 Å². The van der Waals surface area contributed by atoms with Crippen LogP contribution in [0.25, 0.3) is 0 Å². The fraction of sp³-hybridized carbons (Fsp3) is 0.562. The zero-order valence-corrected chi connectivity index (χ0v) is 13.4. The molecule has 0 spiro atoms. The molecule has 0 radical (unpaired) electrons. The number of alkyl halides is 2. The van der Waals surface area contributed by atoms with Gasteiger partial charge in [-0.25, -0.2) is 4.79 Å². The average Bonchev–Trinajstić information content (AvgIpc) is 2.35. The summed E-state index contributed by atoms with van der Waals surface area (Å²) in [5.74, 6) is -6.09. The van der Waals surface area contributed by atoms with Crippen LogP contribution in [0.4, 0.5) is 8.78 Å². The molecule has 0 aliphatic heterocycles. The zero-order chi connectivity index (χ0) is 17.1. The van der Waals surface area contributed by atoms with Gasteiger partial charge in [-0.05, 0) is 51.0 Å². The summed E-state index contributed by atoms with van der Waals surface area (Å²) in [5, 5.41) is 8.66. The number of carboxylic acid groups (broad SMARTS) is 1. The summed E-state index contributed by atoms with van der Waals surface area (Å²) >= 11 is 0. The van der Waals surface area contributed by atoms with Gasteiger partial charge in [0.2, 0.25) is 0 Å². The van der Waals surface area contributed by atoms with E-state index in [2.05, 4.69) is 0 Å². The van der Waals surface area contributed by atoms with E-state index in [1.54, 1.807) is 12.1 Å². The van der Waals surface area contributed by atoms with Gasteiger partial charge in [0.05, 0.1) is 0 Å². The molecule has 0 aliphatic carbocycles. The highest BCUT2D eigenvalue weighted by molar-refractivity contribution is 5.76. The van der Waals surface area contributed by atoms with E-state index >= 15 is 0 Å². The summed E-state index contributed by atoms with van der Waals surface area (Å²) < 4.78 is 38.2. The third kappa shape index (κ3) is 4.86. The van der Waals surface area contributed by atoms with Gasteiger partial charge in [-0.2, -0.15) is 8.78 Å². The van der Waals surface area contributed by atoms with Gasteiger partial charge in [0.25, 0.3) is 0 Å². The number of ether oxygens (including phenoxy) is 2. The van der Waals surface area contributed by atoms with E-state index in [-0.39, 0.29) is 11.4 Å². The van der Waals surface area contributed by atoms with E-state index in [1.165, 1.54) is 26.0 Å². The van der Waals surface area contributed by atoms with E-state index in [0.717, 1.165) is 0 Å². The molecular formula is C16H22F2O4. The number of carboxylic acids is 1. The quantitative estimate of drug-likeness (QED) is 0.862. The number of rotatable bonds is 6. The van der Waals surface area contributed by atoms with Crippen molar-refractivity contribution in [2.45, 2.75) is 52.2 Å². The van der Waals surface area contributed by atoms with E-state index in [4.69, 9.17) is 14.6 Å². The molecule has 0 amide bonds. The second kappa shape index (κ2) is 6.50. The van der Waals surface area contributed by atoms with Crippen molar-refractivity contribution >= 4 is 5.97 Å². The molecule has 0 fully saturated rings. The van der Waals surface area contributed by atoms with Gasteiger partial charge < -0.3 is 14.6 Å². The summed E-state index contributed by atoms with van der Waals surface area (Å²) in [5.41, 5.74) is -0.376. The molecule has 124 valence electrons. The van der Waals surface area contributed by atoms with Crippen LogP contribution in [0.3, 0.4) is 0 Å². The Morgan fingerprint density at radius 3 is 1.91 bits per heavy atom. The van der Waals surface area contributed by atoms with Gasteiger partial charge in [-0.1, -0.05) is 13.8 Å². The van der Waals surface area contributed by atoms with Crippen LogP contribution in [0.1, 0.15) is 34.6 Å². The fourth-order valence-electron chi connectivity index (χ4n) is 1.84. The van der Waals surface area contributed by atoms with Crippen LogP contribution in [0, 0.1) is 5.92 Å². The van der Waals surface area contributed by atoms with Crippen molar-refractivity contribution in [3.05, 3.63) is 24.3 Å². The Hall–Kier alpha value is -1.85. The third-order valence-electron chi connectivity index (χ3n) is 2.76. The second-order valence-electron chi connectivity index (χ2n) is 6.40. The monoisotopic (exact) mass is 316 g/mol. The fourth-order valence-corrected chi connectivity index (χ4v) is 1.84. The minimum Gasteiger partial charge on any atom is -0.488 e. The van der Waals surface area contributed by atoms with Crippen molar-refractivity contribution in [2.24, 2.45) is 5.92 Å². The summed E-state index contributed by atoms with van der Waals surface area (Å²) in [6.45, 7) is 8.63. The van der Waals surface area contributed by atoms with Crippen molar-refractivity contribution in [3.8, 4) is 11.5 Å². The number of hydrogen-bond acceptors (Lipinski definition) is 3. The first-order valence-corrected chi connectivity index (χ1v) is 7.00. The normalized spacial score (nSPS) is 13.8. The first kappa shape index (κ1) is 18.2. The molecule has 0 saturated carbocycles. The first-order chi connectivity index (χ1) is 9.93. The maximum Gasteiger partial charge on any atom is 0.378 e. The van der Waals surface area contributed by atoms with E-state index < -0.39 is 23.9 Å². The minimum atomic E-state index is -3.96. The average molecular weight is 316 g/mol. The van der Waals surface area contributed by atoms with Gasteiger partial charge >= 0.3 is 11.9 Å². The lowest BCUT2D eigenvalue weighted by molar-refractivity contribution is -0.183. The van der Waals surface area contributed by atoms with Crippen molar-refractivity contribution in [1.82, 2.24) is 0 Å². The second-order valence-corrected chi connectivity index (χ2v) is 6.40. The number of carbonyl (C=O) groups is 1. The molecule has 0 aliphatic rings. The highest BCUT2D eigenvalue weighted by Gasteiger charge is 2.51. The lowest BCUT2D eigenvalue weighted by Gasteiger charge is -2.27. The Bertz CT molecular complexity index is 504. The molecule has 1 atom stereocenters. The number of aliphatic carboxylic acids is 1. The summed E-state index contributed by atoms with van der Waals surface area (Å²) in [7, 11) is 0. The highest BCUT2D eigenvalue weighted by atomic mass is 19.3. The highest BCUT2D eigenvalue weighted by Crippen LogP contribution is 2.30. The number of hydrogen-bond donors (Lipinski definition) is 1. The molecule has 1 N–H and O–H groups in total. The van der Waals surface area contributed by atoms with E-state index in [1.807, 2.05) is 20.8 Å². The summed E-state index contributed by atoms with van der Waals surface area (Å²) in [4.78, 5) is 10.7. The first-order valence-electron chi connectivity index (χ1n) is 7.00. The van der Waals surface area contributed by atoms with Crippen LogP contribution in [0.2, 0.25) is 0 Å². The third-order valence-corrected chi connectivity index (χ3v) is 2.76. The Morgan fingerprint density at radius 1 is 1.09 bits per heavy atom. The molecule has 0 aromatic heterocycles. The zero-order valence-electron chi connectivity index (χ0n) is 13.4. The standard InChI is InChI=1S/C16H22F2O4/c1-10(2)13(16(17,18)14(19)20)21-11-6-8-12(9-7-11)22-15(3,4)5/h6-10,13H,1-5H3,(H,19,20). The molecular weight excluding hydrogens is 294 g/mol. The van der Waals surface area contributed by atoms with Crippen LogP contribution in [0.15, 0.2) is 24.3 Å². The topological polar surface area (TPSA) is 55.8 Å². The van der Waals surface area contributed by atoms with E-state index in [0.29, 0.717) is 5.75 Å². The molecule has 1 unspecified atom stereocenters. The predicted octanol–water partition coefficient (Wildman–Crippen LogP) is 3.99. The summed E-state index contributed by atoms with van der Waals surface area (Å²) in [6.07, 6.45) is -1.75. The smallest absolute Gasteiger partial charge is 0.378 e. The molecule has 1 aromatic rings. The molecule has 0 heterocycles. The molecule has 4 nitrogen and oxygen atoms in total. The largest absolute Gasteiger partial charge is 0.488 e. The number of halogens is 2. The van der Waals surface area contributed by atoms with Gasteiger partial charge in [-0.3, -0.25) is 0 Å². The Kier molecular flexibility index (Phi) is 5.38. The summed E-state index contributed by atoms with van der Waals surface area (Å²) in [6, 6.07) is 6.15. The molecule has 0 bridgehead atoms.